The van der Waals surface area contributed by atoms with E-state index in [1.165, 1.54) is 0 Å². The molecule has 0 radical (unpaired) electrons. The quantitative estimate of drug-likeness (QED) is 0.371. The summed E-state index contributed by atoms with van der Waals surface area (Å²) in [7, 11) is 0. The number of carboxylic acid groups (broad SMARTS) is 1. The number of carbonyl (C=O) groups is 2. The number of hydrogen-bond donors (Lipinski definition) is 1. The van der Waals surface area contributed by atoms with Crippen molar-refractivity contribution in [3.05, 3.63) is 96.1 Å². The maximum atomic E-state index is 12.8. The SMILES string of the molecule is CC.CC.O=C(O)CCC1C(=O)N(c2ccccc2)C1c1ccc(OCc2ccccc2)cc1. The number of rotatable bonds is 8. The van der Waals surface area contributed by atoms with Crippen molar-refractivity contribution in [2.75, 3.05) is 4.90 Å². The van der Waals surface area contributed by atoms with Crippen LogP contribution in [0.1, 0.15) is 57.7 Å². The molecule has 0 bridgehead atoms. The normalized spacial score (nSPS) is 16.2. The number of aliphatic carboxylic acids is 1. The van der Waals surface area contributed by atoms with Crippen LogP contribution < -0.4 is 9.64 Å². The highest BCUT2D eigenvalue weighted by atomic mass is 16.5. The van der Waals surface area contributed by atoms with E-state index >= 15 is 0 Å². The molecule has 34 heavy (non-hydrogen) atoms. The van der Waals surface area contributed by atoms with Gasteiger partial charge in [-0.25, -0.2) is 0 Å². The van der Waals surface area contributed by atoms with Crippen LogP contribution in [0, 0.1) is 5.92 Å². The Morgan fingerprint density at radius 2 is 1.41 bits per heavy atom. The molecule has 0 saturated carbocycles. The first-order chi connectivity index (χ1) is 16.6. The highest BCUT2D eigenvalue weighted by Gasteiger charge is 2.48. The number of β-lactam (4-membered cyclic amide) rings is 1. The van der Waals surface area contributed by atoms with Gasteiger partial charge in [-0.2, -0.15) is 0 Å². The van der Waals surface area contributed by atoms with Gasteiger partial charge in [0.2, 0.25) is 5.91 Å². The Kier molecular flexibility index (Phi) is 10.8. The number of carboxylic acids is 1. The molecule has 1 aliphatic rings. The van der Waals surface area contributed by atoms with Gasteiger partial charge in [-0.05, 0) is 41.8 Å². The number of carbonyl (C=O) groups excluding carboxylic acids is 1. The predicted molar refractivity (Wildman–Crippen MR) is 137 cm³/mol. The Morgan fingerprint density at radius 3 is 1.97 bits per heavy atom. The average Bonchev–Trinajstić information content (AvgIpc) is 2.90. The minimum atomic E-state index is -0.885. The summed E-state index contributed by atoms with van der Waals surface area (Å²) in [4.78, 5) is 25.6. The summed E-state index contributed by atoms with van der Waals surface area (Å²) >= 11 is 0. The number of ether oxygens (including phenoxy) is 1. The van der Waals surface area contributed by atoms with E-state index in [4.69, 9.17) is 9.84 Å². The van der Waals surface area contributed by atoms with E-state index in [1.807, 2.05) is 113 Å². The van der Waals surface area contributed by atoms with E-state index < -0.39 is 5.97 Å². The van der Waals surface area contributed by atoms with E-state index in [9.17, 15) is 9.59 Å². The molecule has 0 aliphatic carbocycles. The molecule has 5 heteroatoms. The van der Waals surface area contributed by atoms with Gasteiger partial charge >= 0.3 is 5.97 Å². The third kappa shape index (κ3) is 6.70. The lowest BCUT2D eigenvalue weighted by molar-refractivity contribution is -0.138. The number of benzene rings is 3. The number of nitrogens with zero attached hydrogens (tertiary/aromatic N) is 1. The smallest absolute Gasteiger partial charge is 0.303 e. The second-order valence-electron chi connectivity index (χ2n) is 7.37. The number of anilines is 1. The van der Waals surface area contributed by atoms with Crippen molar-refractivity contribution in [2.24, 2.45) is 5.92 Å². The molecule has 1 aliphatic heterocycles. The first-order valence-corrected chi connectivity index (χ1v) is 12.0. The van der Waals surface area contributed by atoms with E-state index in [1.54, 1.807) is 4.90 Å². The Labute approximate surface area is 203 Å². The van der Waals surface area contributed by atoms with E-state index in [0.29, 0.717) is 13.0 Å². The fourth-order valence-electron chi connectivity index (χ4n) is 3.87. The Balaban J connectivity index is 0.000000970. The van der Waals surface area contributed by atoms with E-state index in [-0.39, 0.29) is 24.3 Å². The second kappa shape index (κ2) is 13.8. The molecule has 5 nitrogen and oxygen atoms in total. The largest absolute Gasteiger partial charge is 0.489 e. The van der Waals surface area contributed by atoms with Crippen LogP contribution in [0.3, 0.4) is 0 Å². The van der Waals surface area contributed by atoms with Crippen LogP contribution in [0.5, 0.6) is 5.75 Å². The summed E-state index contributed by atoms with van der Waals surface area (Å²) in [6.45, 7) is 8.49. The predicted octanol–water partition coefficient (Wildman–Crippen LogP) is 6.89. The molecule has 2 atom stereocenters. The molecule has 3 aromatic rings. The van der Waals surface area contributed by atoms with Crippen LogP contribution >= 0.6 is 0 Å². The molecule has 1 heterocycles. The maximum Gasteiger partial charge on any atom is 0.303 e. The van der Waals surface area contributed by atoms with Crippen molar-refractivity contribution in [3.8, 4) is 5.75 Å². The molecule has 2 unspecified atom stereocenters. The molecule has 180 valence electrons. The number of amides is 1. The van der Waals surface area contributed by atoms with Crippen LogP contribution in [0.2, 0.25) is 0 Å². The van der Waals surface area contributed by atoms with Crippen molar-refractivity contribution in [3.63, 3.8) is 0 Å². The third-order valence-corrected chi connectivity index (χ3v) is 5.39. The van der Waals surface area contributed by atoms with Crippen molar-refractivity contribution >= 4 is 17.6 Å². The molecule has 3 aromatic carbocycles. The minimum absolute atomic E-state index is 0.0200. The van der Waals surface area contributed by atoms with Gasteiger partial charge in [0.25, 0.3) is 0 Å². The topological polar surface area (TPSA) is 66.8 Å². The second-order valence-corrected chi connectivity index (χ2v) is 7.37. The average molecular weight is 462 g/mol. The molecule has 1 N–H and O–H groups in total. The molecule has 4 rings (SSSR count). The van der Waals surface area contributed by atoms with Gasteiger partial charge in [0.05, 0.1) is 12.0 Å². The van der Waals surface area contributed by atoms with Gasteiger partial charge in [-0.1, -0.05) is 88.4 Å². The molecular formula is C29H35NO4. The van der Waals surface area contributed by atoms with Gasteiger partial charge < -0.3 is 14.7 Å². The van der Waals surface area contributed by atoms with Crippen LogP contribution in [-0.2, 0) is 16.2 Å². The van der Waals surface area contributed by atoms with Gasteiger partial charge in [-0.15, -0.1) is 0 Å². The van der Waals surface area contributed by atoms with Crippen molar-refractivity contribution < 1.29 is 19.4 Å². The van der Waals surface area contributed by atoms with E-state index in [2.05, 4.69) is 0 Å². The van der Waals surface area contributed by atoms with Crippen molar-refractivity contribution in [2.45, 2.75) is 53.2 Å². The lowest BCUT2D eigenvalue weighted by Crippen LogP contribution is -2.55. The molecule has 1 amide bonds. The zero-order valence-electron chi connectivity index (χ0n) is 20.5. The Hall–Kier alpha value is -3.60. The molecular weight excluding hydrogens is 426 g/mol. The fourth-order valence-corrected chi connectivity index (χ4v) is 3.87. The summed E-state index contributed by atoms with van der Waals surface area (Å²) in [5.74, 6) is -0.500. The van der Waals surface area contributed by atoms with Gasteiger partial charge in [-0.3, -0.25) is 9.59 Å². The molecule has 0 aromatic heterocycles. The summed E-state index contributed by atoms with van der Waals surface area (Å²) in [5.41, 5.74) is 2.89. The highest BCUT2D eigenvalue weighted by Crippen LogP contribution is 2.45. The summed E-state index contributed by atoms with van der Waals surface area (Å²) in [6.07, 6.45) is 0.308. The minimum Gasteiger partial charge on any atom is -0.489 e. The van der Waals surface area contributed by atoms with Crippen LogP contribution in [0.15, 0.2) is 84.9 Å². The van der Waals surface area contributed by atoms with Crippen molar-refractivity contribution in [1.29, 1.82) is 0 Å². The van der Waals surface area contributed by atoms with E-state index in [0.717, 1.165) is 22.6 Å². The van der Waals surface area contributed by atoms with Crippen LogP contribution in [-0.4, -0.2) is 17.0 Å². The van der Waals surface area contributed by atoms with Crippen molar-refractivity contribution in [1.82, 2.24) is 0 Å². The van der Waals surface area contributed by atoms with Crippen LogP contribution in [0.4, 0.5) is 5.69 Å². The lowest BCUT2D eigenvalue weighted by atomic mass is 9.79. The first kappa shape index (κ1) is 26.7. The standard InChI is InChI=1S/C25H23NO4.2C2H6/c27-23(28)16-15-22-24(26(25(22)29)20-9-5-2-6-10-20)19-11-13-21(14-12-19)30-17-18-7-3-1-4-8-18;2*1-2/h1-14,22,24H,15-17H2,(H,27,28);2*1-2H3. The maximum absolute atomic E-state index is 12.8. The highest BCUT2D eigenvalue weighted by molar-refractivity contribution is 6.03. The first-order valence-electron chi connectivity index (χ1n) is 12.0. The monoisotopic (exact) mass is 461 g/mol. The summed E-state index contributed by atoms with van der Waals surface area (Å²) in [5, 5.41) is 9.06. The van der Waals surface area contributed by atoms with Gasteiger partial charge in [0, 0.05) is 12.1 Å². The number of hydrogen-bond acceptors (Lipinski definition) is 3. The Bertz CT molecular complexity index is 1000. The third-order valence-electron chi connectivity index (χ3n) is 5.39. The Morgan fingerprint density at radius 1 is 0.853 bits per heavy atom. The molecule has 0 spiro atoms. The summed E-state index contributed by atoms with van der Waals surface area (Å²) < 4.78 is 5.86. The van der Waals surface area contributed by atoms with Crippen LogP contribution in [0.25, 0.3) is 0 Å². The van der Waals surface area contributed by atoms with Gasteiger partial charge in [0.15, 0.2) is 0 Å². The fraction of sp³-hybridized carbons (Fsp3) is 0.310. The lowest BCUT2D eigenvalue weighted by Gasteiger charge is -2.47. The zero-order chi connectivity index (χ0) is 24.9. The zero-order valence-corrected chi connectivity index (χ0v) is 20.5. The van der Waals surface area contributed by atoms with Gasteiger partial charge in [0.1, 0.15) is 12.4 Å². The summed E-state index contributed by atoms with van der Waals surface area (Å²) in [6, 6.07) is 27.0. The number of para-hydroxylation sites is 1. The molecule has 1 saturated heterocycles. The molecule has 1 fully saturated rings.